The molecule has 0 spiro atoms. The van der Waals surface area contributed by atoms with Gasteiger partial charge in [-0.05, 0) is 37.9 Å². The maximum atomic E-state index is 12.4. The highest BCUT2D eigenvalue weighted by Crippen LogP contribution is 2.12. The molecule has 19 heavy (non-hydrogen) atoms. The molecule has 0 amide bonds. The lowest BCUT2D eigenvalue weighted by Crippen LogP contribution is -2.39. The fraction of sp³-hybridized carbons (Fsp3) is 0.467. The van der Waals surface area contributed by atoms with Gasteiger partial charge in [-0.15, -0.1) is 0 Å². The van der Waals surface area contributed by atoms with E-state index in [9.17, 15) is 4.79 Å². The van der Waals surface area contributed by atoms with Gasteiger partial charge >= 0.3 is 0 Å². The zero-order valence-corrected chi connectivity index (χ0v) is 11.2. The van der Waals surface area contributed by atoms with Crippen LogP contribution in [0.1, 0.15) is 24.8 Å². The van der Waals surface area contributed by atoms with Gasteiger partial charge in [0, 0.05) is 12.6 Å². The minimum atomic E-state index is 0.0704. The average molecular weight is 257 g/mol. The molecule has 1 aliphatic heterocycles. The molecule has 0 bridgehead atoms. The van der Waals surface area contributed by atoms with Crippen LogP contribution in [-0.2, 0) is 6.54 Å². The Hall–Kier alpha value is -1.68. The Labute approximate surface area is 112 Å². The summed E-state index contributed by atoms with van der Waals surface area (Å²) >= 11 is 0. The van der Waals surface area contributed by atoms with E-state index < -0.39 is 0 Å². The Morgan fingerprint density at radius 2 is 2.32 bits per heavy atom. The molecule has 0 aliphatic carbocycles. The van der Waals surface area contributed by atoms with E-state index in [0.29, 0.717) is 6.04 Å². The van der Waals surface area contributed by atoms with Gasteiger partial charge in [-0.3, -0.25) is 9.36 Å². The van der Waals surface area contributed by atoms with Gasteiger partial charge in [0.2, 0.25) is 0 Å². The normalized spacial score (nSPS) is 19.7. The van der Waals surface area contributed by atoms with Crippen LogP contribution in [0.25, 0.3) is 10.9 Å². The molecule has 4 nitrogen and oxygen atoms in total. The van der Waals surface area contributed by atoms with Crippen molar-refractivity contribution in [1.29, 1.82) is 0 Å². The molecule has 1 aromatic heterocycles. The molecule has 1 unspecified atom stereocenters. The molecule has 0 radical (unpaired) electrons. The van der Waals surface area contributed by atoms with Crippen LogP contribution < -0.4 is 10.9 Å². The third-order valence-corrected chi connectivity index (χ3v) is 3.88. The van der Waals surface area contributed by atoms with Crippen molar-refractivity contribution in [3.63, 3.8) is 0 Å². The molecule has 4 heteroatoms. The smallest absolute Gasteiger partial charge is 0.261 e. The maximum Gasteiger partial charge on any atom is 0.261 e. The van der Waals surface area contributed by atoms with Crippen LogP contribution in [0.3, 0.4) is 0 Å². The molecular formula is C15H19N3O. The second-order valence-electron chi connectivity index (χ2n) is 5.32. The first-order valence-electron chi connectivity index (χ1n) is 6.94. The number of piperidine rings is 1. The summed E-state index contributed by atoms with van der Waals surface area (Å²) in [5.74, 6) is 0. The first kappa shape index (κ1) is 12.4. The molecule has 1 saturated heterocycles. The Kier molecular flexibility index (Phi) is 3.34. The summed E-state index contributed by atoms with van der Waals surface area (Å²) in [4.78, 5) is 16.9. The summed E-state index contributed by atoms with van der Waals surface area (Å²) in [6.45, 7) is 3.76. The lowest BCUT2D eigenvalue weighted by atomic mass is 10.1. The Balaban J connectivity index is 1.96. The number of hydrogen-bond acceptors (Lipinski definition) is 3. The summed E-state index contributed by atoms with van der Waals surface area (Å²) in [7, 11) is 0. The lowest BCUT2D eigenvalue weighted by Gasteiger charge is -2.24. The van der Waals surface area contributed by atoms with Gasteiger partial charge in [0.25, 0.3) is 5.56 Å². The highest BCUT2D eigenvalue weighted by Gasteiger charge is 2.14. The van der Waals surface area contributed by atoms with E-state index in [0.717, 1.165) is 36.0 Å². The van der Waals surface area contributed by atoms with Gasteiger partial charge in [0.05, 0.1) is 17.2 Å². The summed E-state index contributed by atoms with van der Waals surface area (Å²) in [5, 5.41) is 4.19. The first-order chi connectivity index (χ1) is 9.25. The summed E-state index contributed by atoms with van der Waals surface area (Å²) in [6, 6.07) is 6.17. The summed E-state index contributed by atoms with van der Waals surface area (Å²) < 4.78 is 1.74. The minimum absolute atomic E-state index is 0.0704. The van der Waals surface area contributed by atoms with E-state index in [-0.39, 0.29) is 5.56 Å². The number of para-hydroxylation sites is 1. The number of nitrogens with one attached hydrogen (secondary N) is 1. The van der Waals surface area contributed by atoms with E-state index >= 15 is 0 Å². The van der Waals surface area contributed by atoms with Gasteiger partial charge in [0.15, 0.2) is 0 Å². The average Bonchev–Trinajstić information content (AvgIpc) is 2.44. The van der Waals surface area contributed by atoms with Gasteiger partial charge in [-0.1, -0.05) is 18.6 Å². The number of nitrogens with zero attached hydrogens (tertiary/aromatic N) is 2. The van der Waals surface area contributed by atoms with Crippen LogP contribution in [0.2, 0.25) is 0 Å². The van der Waals surface area contributed by atoms with Crippen molar-refractivity contribution < 1.29 is 0 Å². The van der Waals surface area contributed by atoms with E-state index in [1.807, 2.05) is 25.1 Å². The van der Waals surface area contributed by atoms with Crippen molar-refractivity contribution in [2.75, 3.05) is 6.54 Å². The topological polar surface area (TPSA) is 46.9 Å². The lowest BCUT2D eigenvalue weighted by molar-refractivity contribution is 0.359. The summed E-state index contributed by atoms with van der Waals surface area (Å²) in [5.41, 5.74) is 1.94. The van der Waals surface area contributed by atoms with Crippen LogP contribution in [0, 0.1) is 6.92 Å². The summed E-state index contributed by atoms with van der Waals surface area (Å²) in [6.07, 6.45) is 5.30. The van der Waals surface area contributed by atoms with Crippen molar-refractivity contribution in [3.8, 4) is 0 Å². The van der Waals surface area contributed by atoms with Crippen LogP contribution in [0.4, 0.5) is 0 Å². The Morgan fingerprint density at radius 3 is 3.11 bits per heavy atom. The fourth-order valence-electron chi connectivity index (χ4n) is 2.78. The quantitative estimate of drug-likeness (QED) is 0.893. The van der Waals surface area contributed by atoms with Gasteiger partial charge in [0.1, 0.15) is 0 Å². The van der Waals surface area contributed by atoms with Gasteiger partial charge < -0.3 is 5.32 Å². The highest BCUT2D eigenvalue weighted by molar-refractivity contribution is 5.80. The molecule has 1 aromatic carbocycles. The van der Waals surface area contributed by atoms with Crippen molar-refractivity contribution in [1.82, 2.24) is 14.9 Å². The highest BCUT2D eigenvalue weighted by atomic mass is 16.1. The molecule has 3 rings (SSSR count). The number of fused-ring (bicyclic) bond motifs is 1. The zero-order valence-electron chi connectivity index (χ0n) is 11.2. The Morgan fingerprint density at radius 1 is 1.42 bits per heavy atom. The van der Waals surface area contributed by atoms with Crippen LogP contribution >= 0.6 is 0 Å². The SMILES string of the molecule is Cc1cccc2c(=O)n(CC3CCCCN3)cnc12. The molecule has 2 aromatic rings. The monoisotopic (exact) mass is 257 g/mol. The Bertz CT molecular complexity index is 641. The van der Waals surface area contributed by atoms with Gasteiger partial charge in [-0.25, -0.2) is 4.98 Å². The third kappa shape index (κ3) is 2.40. The van der Waals surface area contributed by atoms with Crippen molar-refractivity contribution in [3.05, 3.63) is 40.4 Å². The zero-order chi connectivity index (χ0) is 13.2. The van der Waals surface area contributed by atoms with E-state index in [4.69, 9.17) is 0 Å². The van der Waals surface area contributed by atoms with Gasteiger partial charge in [-0.2, -0.15) is 0 Å². The molecular weight excluding hydrogens is 238 g/mol. The molecule has 1 N–H and O–H groups in total. The van der Waals surface area contributed by atoms with Crippen molar-refractivity contribution in [2.24, 2.45) is 0 Å². The maximum absolute atomic E-state index is 12.4. The van der Waals surface area contributed by atoms with Crippen LogP contribution in [0.15, 0.2) is 29.3 Å². The molecule has 1 aliphatic rings. The number of rotatable bonds is 2. The molecule has 0 saturated carbocycles. The standard InChI is InChI=1S/C15H19N3O/c1-11-5-4-7-13-14(11)17-10-18(15(13)19)9-12-6-2-3-8-16-12/h4-5,7,10,12,16H,2-3,6,8-9H2,1H3. The number of aryl methyl sites for hydroxylation is 1. The second-order valence-corrected chi connectivity index (χ2v) is 5.32. The van der Waals surface area contributed by atoms with Crippen molar-refractivity contribution >= 4 is 10.9 Å². The van der Waals surface area contributed by atoms with E-state index in [1.54, 1.807) is 10.9 Å². The number of hydrogen-bond donors (Lipinski definition) is 1. The number of aromatic nitrogens is 2. The predicted octanol–water partition coefficient (Wildman–Crippen LogP) is 1.85. The van der Waals surface area contributed by atoms with E-state index in [2.05, 4.69) is 10.3 Å². The molecule has 1 atom stereocenters. The van der Waals surface area contributed by atoms with Crippen LogP contribution in [0.5, 0.6) is 0 Å². The predicted molar refractivity (Wildman–Crippen MR) is 76.4 cm³/mol. The minimum Gasteiger partial charge on any atom is -0.312 e. The second kappa shape index (κ2) is 5.13. The number of benzene rings is 1. The molecule has 100 valence electrons. The molecule has 2 heterocycles. The van der Waals surface area contributed by atoms with E-state index in [1.165, 1.54) is 12.8 Å². The van der Waals surface area contributed by atoms with Crippen LogP contribution in [-0.4, -0.2) is 22.1 Å². The third-order valence-electron chi connectivity index (χ3n) is 3.88. The molecule has 1 fully saturated rings. The fourth-order valence-corrected chi connectivity index (χ4v) is 2.78. The largest absolute Gasteiger partial charge is 0.312 e. The first-order valence-corrected chi connectivity index (χ1v) is 6.94. The van der Waals surface area contributed by atoms with Crippen molar-refractivity contribution in [2.45, 2.75) is 38.8 Å².